The summed E-state index contributed by atoms with van der Waals surface area (Å²) in [6, 6.07) is 5.15. The zero-order valence-electron chi connectivity index (χ0n) is 39.2. The smallest absolute Gasteiger partial charge is 0.410 e. The fourth-order valence-corrected chi connectivity index (χ4v) is 9.62. The standard InChI is InChI=1S/C51H82N2O10/c1-7-10-11-12-13-14-15-16-17-22-33-60-49(57)53(27-34-58-35-30-56)46-38-44(52-63-50(4,5)6)42-36-39(23-18-20-28-54)41(24-19-21-29-55)47-43-37-40(59-31-8-2)25-26-45(43)62-51(46,48(42)47)61-32-9-3/h8-9,25-26,36-37,39,41,46-48,54-56H,2-3,7,10-24,27-35,38H2,1,4-6H3/t39-,41+,46-,47+,48+,51+/m0/s1. The molecule has 0 spiro atoms. The Morgan fingerprint density at radius 1 is 0.873 bits per heavy atom. The molecule has 0 bridgehead atoms. The minimum Gasteiger partial charge on any atom is -0.490 e. The molecule has 0 aromatic heterocycles. The van der Waals surface area contributed by atoms with Gasteiger partial charge in [-0.25, -0.2) is 4.79 Å². The van der Waals surface area contributed by atoms with Crippen molar-refractivity contribution >= 4 is 11.8 Å². The molecule has 12 heteroatoms. The van der Waals surface area contributed by atoms with Crippen LogP contribution in [0.4, 0.5) is 4.79 Å². The monoisotopic (exact) mass is 883 g/mol. The van der Waals surface area contributed by atoms with Gasteiger partial charge in [0, 0.05) is 37.7 Å². The zero-order valence-corrected chi connectivity index (χ0v) is 39.2. The van der Waals surface area contributed by atoms with E-state index in [4.69, 9.17) is 33.7 Å². The number of amides is 1. The van der Waals surface area contributed by atoms with Crippen molar-refractivity contribution in [2.24, 2.45) is 22.9 Å². The highest BCUT2D eigenvalue weighted by molar-refractivity contribution is 6.03. The van der Waals surface area contributed by atoms with E-state index in [1.54, 1.807) is 17.1 Å². The summed E-state index contributed by atoms with van der Waals surface area (Å²) in [5.41, 5.74) is 2.04. The maximum absolute atomic E-state index is 14.7. The Kier molecular flexibility index (Phi) is 23.0. The van der Waals surface area contributed by atoms with E-state index in [1.807, 2.05) is 32.9 Å². The van der Waals surface area contributed by atoms with Crippen LogP contribution in [0.3, 0.4) is 0 Å². The first-order valence-electron chi connectivity index (χ1n) is 24.2. The van der Waals surface area contributed by atoms with Crippen LogP contribution in [0.2, 0.25) is 0 Å². The average Bonchev–Trinajstić information content (AvgIpc) is 3.27. The summed E-state index contributed by atoms with van der Waals surface area (Å²) in [6.45, 7) is 17.3. The molecule has 0 unspecified atom stereocenters. The van der Waals surface area contributed by atoms with Crippen LogP contribution in [0.5, 0.6) is 11.5 Å². The van der Waals surface area contributed by atoms with Gasteiger partial charge in [-0.05, 0) is 88.5 Å². The molecule has 1 fully saturated rings. The first-order valence-corrected chi connectivity index (χ1v) is 24.2. The quantitative estimate of drug-likeness (QED) is 0.0363. The van der Waals surface area contributed by atoms with Crippen LogP contribution in [0.15, 0.2) is 60.3 Å². The minimum atomic E-state index is -1.43. The minimum absolute atomic E-state index is 0.0705. The van der Waals surface area contributed by atoms with Gasteiger partial charge in [0.25, 0.3) is 0 Å². The average molecular weight is 883 g/mol. The fourth-order valence-electron chi connectivity index (χ4n) is 9.62. The molecular weight excluding hydrogens is 801 g/mol. The Balaban J connectivity index is 1.84. The van der Waals surface area contributed by atoms with Crippen molar-refractivity contribution in [1.29, 1.82) is 0 Å². The second-order valence-electron chi connectivity index (χ2n) is 18.4. The number of nitrogens with zero attached hydrogens (tertiary/aromatic N) is 2. The highest BCUT2D eigenvalue weighted by Crippen LogP contribution is 2.62. The lowest BCUT2D eigenvalue weighted by atomic mass is 9.55. The van der Waals surface area contributed by atoms with E-state index < -0.39 is 29.4 Å². The van der Waals surface area contributed by atoms with E-state index in [1.165, 1.54) is 44.9 Å². The predicted molar refractivity (Wildman–Crippen MR) is 249 cm³/mol. The predicted octanol–water partition coefficient (Wildman–Crippen LogP) is 10.1. The summed E-state index contributed by atoms with van der Waals surface area (Å²) in [5, 5.41) is 34.3. The highest BCUT2D eigenvalue weighted by atomic mass is 16.7. The summed E-state index contributed by atoms with van der Waals surface area (Å²) in [5.74, 6) is -0.597. The lowest BCUT2D eigenvalue weighted by molar-refractivity contribution is -0.256. The van der Waals surface area contributed by atoms with E-state index >= 15 is 0 Å². The van der Waals surface area contributed by atoms with Crippen LogP contribution < -0.4 is 9.47 Å². The Bertz CT molecular complexity index is 1570. The van der Waals surface area contributed by atoms with Crippen LogP contribution in [-0.4, -0.2) is 109 Å². The van der Waals surface area contributed by atoms with Gasteiger partial charge in [0.15, 0.2) is 0 Å². The first kappa shape index (κ1) is 52.2. The van der Waals surface area contributed by atoms with Crippen molar-refractivity contribution in [2.45, 2.75) is 160 Å². The van der Waals surface area contributed by atoms with E-state index in [0.29, 0.717) is 36.7 Å². The van der Waals surface area contributed by atoms with Crippen LogP contribution in [0.25, 0.3) is 0 Å². The van der Waals surface area contributed by atoms with Gasteiger partial charge in [0.2, 0.25) is 5.79 Å². The van der Waals surface area contributed by atoms with Crippen molar-refractivity contribution < 1.29 is 48.6 Å². The molecule has 12 nitrogen and oxygen atoms in total. The number of ether oxygens (including phenoxy) is 5. The normalized spacial score (nSPS) is 23.3. The van der Waals surface area contributed by atoms with Gasteiger partial charge < -0.3 is 43.8 Å². The molecule has 6 atom stereocenters. The number of aliphatic hydroxyl groups is 3. The molecule has 356 valence electrons. The van der Waals surface area contributed by atoms with Gasteiger partial charge in [-0.3, -0.25) is 4.90 Å². The second-order valence-corrected chi connectivity index (χ2v) is 18.4. The molecule has 0 saturated heterocycles. The van der Waals surface area contributed by atoms with Gasteiger partial charge in [0.05, 0.1) is 44.7 Å². The summed E-state index contributed by atoms with van der Waals surface area (Å²) in [6.07, 6.45) is 21.9. The molecule has 0 radical (unpaired) electrons. The van der Waals surface area contributed by atoms with Crippen molar-refractivity contribution in [1.82, 2.24) is 4.90 Å². The number of carbonyl (C=O) groups excluding carboxylic acids is 1. The molecule has 1 saturated carbocycles. The summed E-state index contributed by atoms with van der Waals surface area (Å²) in [4.78, 5) is 22.6. The molecule has 4 rings (SSSR count). The number of rotatable bonds is 32. The summed E-state index contributed by atoms with van der Waals surface area (Å²) in [7, 11) is 0. The van der Waals surface area contributed by atoms with E-state index in [2.05, 4.69) is 32.2 Å². The third kappa shape index (κ3) is 15.3. The number of aliphatic hydroxyl groups excluding tert-OH is 3. The third-order valence-corrected chi connectivity index (χ3v) is 12.5. The summed E-state index contributed by atoms with van der Waals surface area (Å²) < 4.78 is 32.5. The zero-order chi connectivity index (χ0) is 45.5. The maximum Gasteiger partial charge on any atom is 0.410 e. The molecule has 1 heterocycles. The SMILES string of the molecule is C=CCOc1ccc2c(c1)[C@H]1[C@H](CCCCO)[C@@H](CCCCO)C=C3C(=NOC(C)(C)C)C[C@H](N(CCOCCO)C(=O)OCCCCCCCCCCCC)[C@@](OCC=C)(O2)[C@H]31. The summed E-state index contributed by atoms with van der Waals surface area (Å²) >= 11 is 0. The van der Waals surface area contributed by atoms with Gasteiger partial charge in [-0.1, -0.05) is 108 Å². The van der Waals surface area contributed by atoms with Crippen LogP contribution >= 0.6 is 0 Å². The van der Waals surface area contributed by atoms with E-state index in [9.17, 15) is 20.1 Å². The maximum atomic E-state index is 14.7. The number of unbranched alkanes of at least 4 members (excludes halogenated alkanes) is 11. The van der Waals surface area contributed by atoms with Crippen molar-refractivity contribution in [3.05, 3.63) is 60.7 Å². The molecule has 3 N–H and O–H groups in total. The number of hydrogen-bond acceptors (Lipinski definition) is 11. The van der Waals surface area contributed by atoms with Crippen LogP contribution in [-0.2, 0) is 19.0 Å². The van der Waals surface area contributed by atoms with Gasteiger partial charge in [-0.2, -0.15) is 0 Å². The number of oxime groups is 1. The number of allylic oxidation sites excluding steroid dienone is 1. The number of carbonyl (C=O) groups is 1. The Morgan fingerprint density at radius 3 is 2.21 bits per heavy atom. The van der Waals surface area contributed by atoms with E-state index in [0.717, 1.165) is 56.1 Å². The van der Waals surface area contributed by atoms with Gasteiger partial charge >= 0.3 is 6.09 Å². The van der Waals surface area contributed by atoms with Crippen LogP contribution in [0.1, 0.15) is 148 Å². The number of fused-ring (bicyclic) bond motifs is 2. The van der Waals surface area contributed by atoms with Gasteiger partial charge in [-0.15, -0.1) is 6.58 Å². The number of hydrogen-bond donors (Lipinski definition) is 3. The van der Waals surface area contributed by atoms with Gasteiger partial charge in [0.1, 0.15) is 29.7 Å². The van der Waals surface area contributed by atoms with Crippen molar-refractivity contribution in [2.75, 3.05) is 59.4 Å². The Labute approximate surface area is 379 Å². The fraction of sp³-hybridized carbons (Fsp3) is 0.725. The largest absolute Gasteiger partial charge is 0.490 e. The molecular formula is C51H82N2O10. The Hall–Kier alpha value is -3.42. The molecule has 1 aliphatic heterocycles. The molecule has 1 amide bonds. The molecule has 1 aromatic rings. The highest BCUT2D eigenvalue weighted by Gasteiger charge is 2.65. The molecule has 2 aliphatic carbocycles. The topological polar surface area (TPSA) is 149 Å². The van der Waals surface area contributed by atoms with Crippen molar-refractivity contribution in [3.63, 3.8) is 0 Å². The lowest BCUT2D eigenvalue weighted by Gasteiger charge is -2.60. The Morgan fingerprint density at radius 2 is 1.56 bits per heavy atom. The molecule has 1 aromatic carbocycles. The van der Waals surface area contributed by atoms with Crippen LogP contribution in [0, 0.1) is 17.8 Å². The van der Waals surface area contributed by atoms with Crippen molar-refractivity contribution in [3.8, 4) is 11.5 Å². The molecule has 3 aliphatic rings. The number of benzene rings is 1. The van der Waals surface area contributed by atoms with E-state index in [-0.39, 0.29) is 77.0 Å². The first-order chi connectivity index (χ1) is 30.6. The molecule has 63 heavy (non-hydrogen) atoms. The second kappa shape index (κ2) is 27.8. The third-order valence-electron chi connectivity index (χ3n) is 12.5. The lowest BCUT2D eigenvalue weighted by Crippen LogP contribution is -2.70.